The van der Waals surface area contributed by atoms with Crippen molar-refractivity contribution in [2.45, 2.75) is 128 Å². The van der Waals surface area contributed by atoms with Gasteiger partial charge in [-0.15, -0.1) is 0 Å². The largest absolute Gasteiger partial charge is 0.314 e. The molecule has 0 aromatic carbocycles. The fourth-order valence-corrected chi connectivity index (χ4v) is 4.62. The topological polar surface area (TPSA) is 12.0 Å². The molecule has 1 heteroatoms. The molecule has 0 atom stereocenters. The zero-order valence-corrected chi connectivity index (χ0v) is 15.8. The zero-order chi connectivity index (χ0) is 16.0. The molecule has 0 heterocycles. The van der Waals surface area contributed by atoms with Gasteiger partial charge in [0.1, 0.15) is 0 Å². The van der Waals surface area contributed by atoms with Crippen LogP contribution in [0.1, 0.15) is 122 Å². The second kappa shape index (κ2) is 13.3. The highest BCUT2D eigenvalue weighted by atomic mass is 14.9. The van der Waals surface area contributed by atoms with Crippen LogP contribution >= 0.6 is 0 Å². The molecule has 23 heavy (non-hydrogen) atoms. The van der Waals surface area contributed by atoms with Crippen molar-refractivity contribution in [3.63, 3.8) is 0 Å². The molecule has 2 fully saturated rings. The van der Waals surface area contributed by atoms with Crippen molar-refractivity contribution in [1.29, 1.82) is 0 Å². The van der Waals surface area contributed by atoms with Crippen LogP contribution in [-0.4, -0.2) is 12.6 Å². The van der Waals surface area contributed by atoms with Gasteiger partial charge in [0.05, 0.1) is 0 Å². The lowest BCUT2D eigenvalue weighted by atomic mass is 9.93. The quantitative estimate of drug-likeness (QED) is 0.590. The van der Waals surface area contributed by atoms with Crippen LogP contribution in [0.15, 0.2) is 0 Å². The van der Waals surface area contributed by atoms with E-state index in [2.05, 4.69) is 5.32 Å². The monoisotopic (exact) mass is 321 g/mol. The summed E-state index contributed by atoms with van der Waals surface area (Å²) in [6.07, 6.45) is 28.1. The molecule has 2 rings (SSSR count). The van der Waals surface area contributed by atoms with Crippen molar-refractivity contribution in [2.24, 2.45) is 5.92 Å². The van der Waals surface area contributed by atoms with Gasteiger partial charge < -0.3 is 5.32 Å². The summed E-state index contributed by atoms with van der Waals surface area (Å²) >= 11 is 0. The van der Waals surface area contributed by atoms with E-state index in [1.54, 1.807) is 0 Å². The highest BCUT2D eigenvalue weighted by Gasteiger charge is 2.14. The van der Waals surface area contributed by atoms with E-state index in [-0.39, 0.29) is 0 Å². The SMILES string of the molecule is C1CCCCCC(CNC2CCCCCCCCC2)CCCC1. The summed E-state index contributed by atoms with van der Waals surface area (Å²) in [6.45, 7) is 1.31. The van der Waals surface area contributed by atoms with E-state index >= 15 is 0 Å². The normalized spacial score (nSPS) is 25.6. The Morgan fingerprint density at radius 1 is 0.435 bits per heavy atom. The van der Waals surface area contributed by atoms with Gasteiger partial charge in [-0.1, -0.05) is 96.3 Å². The third kappa shape index (κ3) is 9.75. The molecular weight excluding hydrogens is 278 g/mol. The second-order valence-corrected chi connectivity index (χ2v) is 8.43. The Hall–Kier alpha value is -0.0400. The van der Waals surface area contributed by atoms with Crippen LogP contribution < -0.4 is 5.32 Å². The van der Waals surface area contributed by atoms with E-state index in [0.717, 1.165) is 12.0 Å². The average molecular weight is 322 g/mol. The van der Waals surface area contributed by atoms with Crippen LogP contribution in [0.3, 0.4) is 0 Å². The first-order chi connectivity index (χ1) is 11.4. The highest BCUT2D eigenvalue weighted by molar-refractivity contribution is 4.72. The Balaban J connectivity index is 1.68. The van der Waals surface area contributed by atoms with Gasteiger partial charge in [0.25, 0.3) is 0 Å². The molecule has 136 valence electrons. The number of hydrogen-bond acceptors (Lipinski definition) is 1. The van der Waals surface area contributed by atoms with Crippen LogP contribution in [0.4, 0.5) is 0 Å². The van der Waals surface area contributed by atoms with Gasteiger partial charge in [-0.05, 0) is 38.1 Å². The van der Waals surface area contributed by atoms with E-state index < -0.39 is 0 Å². The second-order valence-electron chi connectivity index (χ2n) is 8.43. The first kappa shape index (κ1) is 19.3. The van der Waals surface area contributed by atoms with E-state index in [0.29, 0.717) is 0 Å². The maximum atomic E-state index is 4.01. The van der Waals surface area contributed by atoms with Crippen molar-refractivity contribution in [3.05, 3.63) is 0 Å². The number of hydrogen-bond donors (Lipinski definition) is 1. The van der Waals surface area contributed by atoms with Crippen molar-refractivity contribution in [1.82, 2.24) is 5.32 Å². The smallest absolute Gasteiger partial charge is 0.00671 e. The molecule has 0 spiro atoms. The fraction of sp³-hybridized carbons (Fsp3) is 1.00. The summed E-state index contributed by atoms with van der Waals surface area (Å²) in [5.41, 5.74) is 0. The third-order valence-corrected chi connectivity index (χ3v) is 6.28. The lowest BCUT2D eigenvalue weighted by Gasteiger charge is -2.24. The summed E-state index contributed by atoms with van der Waals surface area (Å²) in [6, 6.07) is 0.825. The van der Waals surface area contributed by atoms with E-state index in [4.69, 9.17) is 0 Å². The maximum absolute atomic E-state index is 4.01. The molecule has 2 aliphatic rings. The van der Waals surface area contributed by atoms with Gasteiger partial charge in [-0.25, -0.2) is 0 Å². The van der Waals surface area contributed by atoms with E-state index in [1.807, 2.05) is 0 Å². The molecule has 0 radical (unpaired) electrons. The number of nitrogens with one attached hydrogen (secondary N) is 1. The highest BCUT2D eigenvalue weighted by Crippen LogP contribution is 2.22. The Kier molecular flexibility index (Phi) is 11.1. The molecule has 0 aromatic heterocycles. The van der Waals surface area contributed by atoms with Crippen LogP contribution in [0.2, 0.25) is 0 Å². The predicted octanol–water partition coefficient (Wildman–Crippen LogP) is 7.00. The minimum Gasteiger partial charge on any atom is -0.314 e. The Morgan fingerprint density at radius 3 is 1.22 bits per heavy atom. The van der Waals surface area contributed by atoms with Gasteiger partial charge in [0.15, 0.2) is 0 Å². The summed E-state index contributed by atoms with van der Waals surface area (Å²) in [4.78, 5) is 0. The van der Waals surface area contributed by atoms with Gasteiger partial charge >= 0.3 is 0 Å². The van der Waals surface area contributed by atoms with Gasteiger partial charge in [0, 0.05) is 6.04 Å². The predicted molar refractivity (Wildman–Crippen MR) is 103 cm³/mol. The summed E-state index contributed by atoms with van der Waals surface area (Å²) in [7, 11) is 0. The third-order valence-electron chi connectivity index (χ3n) is 6.28. The Bertz CT molecular complexity index is 241. The molecule has 0 aliphatic heterocycles. The molecule has 2 aliphatic carbocycles. The maximum Gasteiger partial charge on any atom is 0.00671 e. The Morgan fingerprint density at radius 2 is 0.783 bits per heavy atom. The van der Waals surface area contributed by atoms with Gasteiger partial charge in [0.2, 0.25) is 0 Å². The van der Waals surface area contributed by atoms with E-state index in [1.165, 1.54) is 129 Å². The molecule has 0 unspecified atom stereocenters. The first-order valence-corrected chi connectivity index (χ1v) is 11.2. The van der Waals surface area contributed by atoms with Crippen LogP contribution in [-0.2, 0) is 0 Å². The summed E-state index contributed by atoms with van der Waals surface area (Å²) in [5, 5.41) is 4.01. The molecule has 0 bridgehead atoms. The molecule has 0 amide bonds. The van der Waals surface area contributed by atoms with Crippen molar-refractivity contribution < 1.29 is 0 Å². The summed E-state index contributed by atoms with van der Waals surface area (Å²) in [5.74, 6) is 0.962. The lowest BCUT2D eigenvalue weighted by molar-refractivity contribution is 0.336. The zero-order valence-electron chi connectivity index (χ0n) is 15.8. The summed E-state index contributed by atoms with van der Waals surface area (Å²) < 4.78 is 0. The van der Waals surface area contributed by atoms with E-state index in [9.17, 15) is 0 Å². The van der Waals surface area contributed by atoms with Crippen molar-refractivity contribution >= 4 is 0 Å². The van der Waals surface area contributed by atoms with Gasteiger partial charge in [-0.2, -0.15) is 0 Å². The molecule has 1 nitrogen and oxygen atoms in total. The molecular formula is C22H43N. The van der Waals surface area contributed by atoms with Crippen LogP contribution in [0, 0.1) is 5.92 Å². The fourth-order valence-electron chi connectivity index (χ4n) is 4.62. The van der Waals surface area contributed by atoms with Crippen LogP contribution in [0.5, 0.6) is 0 Å². The molecule has 2 saturated carbocycles. The van der Waals surface area contributed by atoms with Crippen molar-refractivity contribution in [2.75, 3.05) is 6.54 Å². The number of rotatable bonds is 3. The minimum absolute atomic E-state index is 0.825. The van der Waals surface area contributed by atoms with Crippen molar-refractivity contribution in [3.8, 4) is 0 Å². The van der Waals surface area contributed by atoms with Crippen LogP contribution in [0.25, 0.3) is 0 Å². The molecule has 0 aromatic rings. The molecule has 0 saturated heterocycles. The van der Waals surface area contributed by atoms with Gasteiger partial charge in [-0.3, -0.25) is 0 Å². The minimum atomic E-state index is 0.825. The lowest BCUT2D eigenvalue weighted by Crippen LogP contribution is -2.33. The average Bonchev–Trinajstić information content (AvgIpc) is 2.64. The first-order valence-electron chi connectivity index (χ1n) is 11.2. The molecule has 1 N–H and O–H groups in total. The Labute approximate surface area is 146 Å². The standard InChI is InChI=1S/C22H43N/c1-2-5-9-13-17-21(16-12-8-4-1)20-23-22-18-14-10-6-3-7-11-15-19-22/h21-23H,1-20H2.